The van der Waals surface area contributed by atoms with E-state index in [9.17, 15) is 4.79 Å². The molecule has 0 aromatic rings. The Morgan fingerprint density at radius 3 is 2.78 bits per heavy atom. The van der Waals surface area contributed by atoms with Crippen LogP contribution < -0.4 is 10.6 Å². The molecule has 0 radical (unpaired) electrons. The Morgan fingerprint density at radius 2 is 2.17 bits per heavy atom. The molecule has 0 aromatic heterocycles. The molecule has 1 rings (SSSR count). The molecule has 0 spiro atoms. The number of carbonyl (C=O) groups is 1. The van der Waals surface area contributed by atoms with Crippen LogP contribution in [0.15, 0.2) is 0 Å². The SMILES string of the molecule is CCN(CC(=O)NCCOC)CC1CCNCC1. The van der Waals surface area contributed by atoms with Gasteiger partial charge in [0.2, 0.25) is 5.91 Å². The fourth-order valence-electron chi connectivity index (χ4n) is 2.29. The van der Waals surface area contributed by atoms with Crippen LogP contribution in [0.25, 0.3) is 0 Å². The van der Waals surface area contributed by atoms with E-state index in [-0.39, 0.29) is 5.91 Å². The van der Waals surface area contributed by atoms with Gasteiger partial charge in [0.15, 0.2) is 0 Å². The van der Waals surface area contributed by atoms with Gasteiger partial charge in [-0.1, -0.05) is 6.92 Å². The lowest BCUT2D eigenvalue weighted by Gasteiger charge is -2.28. The molecule has 2 N–H and O–H groups in total. The van der Waals surface area contributed by atoms with Gasteiger partial charge in [-0.2, -0.15) is 0 Å². The molecule has 0 bridgehead atoms. The van der Waals surface area contributed by atoms with E-state index in [0.29, 0.717) is 19.7 Å². The summed E-state index contributed by atoms with van der Waals surface area (Å²) in [7, 11) is 1.64. The zero-order valence-electron chi connectivity index (χ0n) is 11.7. The standard InChI is InChI=1S/C13H27N3O2/c1-3-16(10-12-4-6-14-7-5-12)11-13(17)15-8-9-18-2/h12,14H,3-11H2,1-2H3,(H,15,17). The van der Waals surface area contributed by atoms with Crippen LogP contribution in [0.4, 0.5) is 0 Å². The first kappa shape index (κ1) is 15.4. The van der Waals surface area contributed by atoms with Gasteiger partial charge < -0.3 is 15.4 Å². The summed E-state index contributed by atoms with van der Waals surface area (Å²) in [6.07, 6.45) is 2.45. The largest absolute Gasteiger partial charge is 0.383 e. The van der Waals surface area contributed by atoms with E-state index < -0.39 is 0 Å². The Bertz CT molecular complexity index is 230. The Labute approximate surface area is 110 Å². The lowest BCUT2D eigenvalue weighted by Crippen LogP contribution is -2.42. The molecule has 1 aliphatic rings. The number of hydrogen-bond acceptors (Lipinski definition) is 4. The monoisotopic (exact) mass is 257 g/mol. The van der Waals surface area contributed by atoms with Crippen molar-refractivity contribution in [3.05, 3.63) is 0 Å². The summed E-state index contributed by atoms with van der Waals surface area (Å²) in [5.41, 5.74) is 0. The number of hydrogen-bond donors (Lipinski definition) is 2. The zero-order valence-corrected chi connectivity index (χ0v) is 11.7. The average Bonchev–Trinajstić information content (AvgIpc) is 2.39. The number of nitrogens with zero attached hydrogens (tertiary/aromatic N) is 1. The molecule has 18 heavy (non-hydrogen) atoms. The third kappa shape index (κ3) is 6.33. The van der Waals surface area contributed by atoms with Gasteiger partial charge in [0.25, 0.3) is 0 Å². The second kappa shape index (κ2) is 9.30. The van der Waals surface area contributed by atoms with Crippen molar-refractivity contribution in [3.63, 3.8) is 0 Å². The van der Waals surface area contributed by atoms with Crippen molar-refractivity contribution in [2.24, 2.45) is 5.92 Å². The first-order chi connectivity index (χ1) is 8.76. The van der Waals surface area contributed by atoms with Crippen molar-refractivity contribution in [1.29, 1.82) is 0 Å². The summed E-state index contributed by atoms with van der Waals surface area (Å²) in [6.45, 7) is 7.99. The van der Waals surface area contributed by atoms with Crippen LogP contribution in [-0.4, -0.2) is 63.8 Å². The second-order valence-electron chi connectivity index (χ2n) is 4.86. The third-order valence-electron chi connectivity index (χ3n) is 3.42. The molecule has 0 saturated carbocycles. The van der Waals surface area contributed by atoms with Crippen LogP contribution in [0.1, 0.15) is 19.8 Å². The van der Waals surface area contributed by atoms with Gasteiger partial charge in [0, 0.05) is 20.2 Å². The molecule has 5 nitrogen and oxygen atoms in total. The van der Waals surface area contributed by atoms with Crippen molar-refractivity contribution < 1.29 is 9.53 Å². The van der Waals surface area contributed by atoms with Crippen molar-refractivity contribution in [2.75, 3.05) is 53.0 Å². The first-order valence-corrected chi connectivity index (χ1v) is 6.95. The van der Waals surface area contributed by atoms with Crippen LogP contribution in [-0.2, 0) is 9.53 Å². The van der Waals surface area contributed by atoms with E-state index in [2.05, 4.69) is 22.5 Å². The van der Waals surface area contributed by atoms with E-state index in [1.165, 1.54) is 12.8 Å². The summed E-state index contributed by atoms with van der Waals surface area (Å²) in [6, 6.07) is 0. The van der Waals surface area contributed by atoms with Crippen molar-refractivity contribution in [1.82, 2.24) is 15.5 Å². The van der Waals surface area contributed by atoms with Crippen molar-refractivity contribution >= 4 is 5.91 Å². The minimum absolute atomic E-state index is 0.0998. The summed E-state index contributed by atoms with van der Waals surface area (Å²) in [5, 5.41) is 6.24. The highest BCUT2D eigenvalue weighted by molar-refractivity contribution is 5.77. The molecule has 1 aliphatic heterocycles. The lowest BCUT2D eigenvalue weighted by atomic mass is 9.97. The maximum Gasteiger partial charge on any atom is 0.234 e. The normalized spacial score (nSPS) is 17.1. The highest BCUT2D eigenvalue weighted by atomic mass is 16.5. The molecular weight excluding hydrogens is 230 g/mol. The van der Waals surface area contributed by atoms with Gasteiger partial charge in [0.05, 0.1) is 13.2 Å². The smallest absolute Gasteiger partial charge is 0.234 e. The molecular formula is C13H27N3O2. The van der Waals surface area contributed by atoms with Crippen LogP contribution in [0.5, 0.6) is 0 Å². The number of ether oxygens (including phenoxy) is 1. The fraction of sp³-hybridized carbons (Fsp3) is 0.923. The highest BCUT2D eigenvalue weighted by Crippen LogP contribution is 2.12. The third-order valence-corrected chi connectivity index (χ3v) is 3.42. The molecule has 0 unspecified atom stereocenters. The van der Waals surface area contributed by atoms with Crippen molar-refractivity contribution in [3.8, 4) is 0 Å². The maximum atomic E-state index is 11.7. The molecule has 0 aromatic carbocycles. The Morgan fingerprint density at radius 1 is 1.44 bits per heavy atom. The molecule has 5 heteroatoms. The topological polar surface area (TPSA) is 53.6 Å². The van der Waals surface area contributed by atoms with E-state index in [0.717, 1.165) is 32.1 Å². The van der Waals surface area contributed by atoms with Gasteiger partial charge in [-0.05, 0) is 38.4 Å². The number of rotatable bonds is 8. The Hall–Kier alpha value is -0.650. The number of amides is 1. The predicted octanol–water partition coefficient (Wildman–Crippen LogP) is 0.0705. The Kier molecular flexibility index (Phi) is 7.96. The van der Waals surface area contributed by atoms with Crippen LogP contribution in [0.2, 0.25) is 0 Å². The quantitative estimate of drug-likeness (QED) is 0.604. The van der Waals surface area contributed by atoms with Crippen molar-refractivity contribution in [2.45, 2.75) is 19.8 Å². The van der Waals surface area contributed by atoms with Crippen LogP contribution in [0.3, 0.4) is 0 Å². The second-order valence-corrected chi connectivity index (χ2v) is 4.86. The van der Waals surface area contributed by atoms with E-state index in [1.54, 1.807) is 7.11 Å². The van der Waals surface area contributed by atoms with Gasteiger partial charge in [-0.25, -0.2) is 0 Å². The minimum Gasteiger partial charge on any atom is -0.383 e. The molecule has 1 amide bonds. The first-order valence-electron chi connectivity index (χ1n) is 6.95. The molecule has 106 valence electrons. The van der Waals surface area contributed by atoms with Gasteiger partial charge in [-0.15, -0.1) is 0 Å². The molecule has 1 heterocycles. The van der Waals surface area contributed by atoms with Crippen LogP contribution in [0, 0.1) is 5.92 Å². The molecule has 1 saturated heterocycles. The summed E-state index contributed by atoms with van der Waals surface area (Å²) in [5.74, 6) is 0.834. The molecule has 0 aliphatic carbocycles. The average molecular weight is 257 g/mol. The van der Waals surface area contributed by atoms with E-state index in [4.69, 9.17) is 4.74 Å². The maximum absolute atomic E-state index is 11.7. The predicted molar refractivity (Wildman–Crippen MR) is 72.6 cm³/mol. The van der Waals surface area contributed by atoms with Gasteiger partial charge in [0.1, 0.15) is 0 Å². The summed E-state index contributed by atoms with van der Waals surface area (Å²) in [4.78, 5) is 13.9. The van der Waals surface area contributed by atoms with E-state index in [1.807, 2.05) is 0 Å². The van der Waals surface area contributed by atoms with Gasteiger partial charge in [-0.3, -0.25) is 9.69 Å². The minimum atomic E-state index is 0.0998. The van der Waals surface area contributed by atoms with E-state index >= 15 is 0 Å². The van der Waals surface area contributed by atoms with Gasteiger partial charge >= 0.3 is 0 Å². The number of methoxy groups -OCH3 is 1. The number of piperidine rings is 1. The summed E-state index contributed by atoms with van der Waals surface area (Å²) >= 11 is 0. The molecule has 1 fully saturated rings. The lowest BCUT2D eigenvalue weighted by molar-refractivity contribution is -0.122. The summed E-state index contributed by atoms with van der Waals surface area (Å²) < 4.78 is 4.91. The zero-order chi connectivity index (χ0) is 13.2. The number of nitrogens with one attached hydrogen (secondary N) is 2. The number of carbonyl (C=O) groups excluding carboxylic acids is 1. The Balaban J connectivity index is 2.20. The molecule has 0 atom stereocenters. The van der Waals surface area contributed by atoms with Crippen LogP contribution >= 0.6 is 0 Å². The highest BCUT2D eigenvalue weighted by Gasteiger charge is 2.17. The fourth-order valence-corrected chi connectivity index (χ4v) is 2.29. The number of likely N-dealkylation sites (N-methyl/N-ethyl adjacent to an activating group) is 1.